The van der Waals surface area contributed by atoms with Crippen molar-refractivity contribution in [3.05, 3.63) is 21.9 Å². The van der Waals surface area contributed by atoms with E-state index in [0.717, 1.165) is 19.7 Å². The predicted octanol–water partition coefficient (Wildman–Crippen LogP) is 1.82. The summed E-state index contributed by atoms with van der Waals surface area (Å²) in [5.41, 5.74) is 0. The summed E-state index contributed by atoms with van der Waals surface area (Å²) in [5, 5.41) is 0. The van der Waals surface area contributed by atoms with Crippen LogP contribution in [-0.2, 0) is 11.3 Å². The lowest BCUT2D eigenvalue weighted by Crippen LogP contribution is -2.46. The van der Waals surface area contributed by atoms with Gasteiger partial charge in [-0.25, -0.2) is 0 Å². The molecule has 3 nitrogen and oxygen atoms in total. The predicted molar refractivity (Wildman–Crippen MR) is 72.6 cm³/mol. The molecule has 0 spiro atoms. The normalized spacial score (nSPS) is 18.7. The van der Waals surface area contributed by atoms with Crippen molar-refractivity contribution in [2.24, 2.45) is 0 Å². The summed E-state index contributed by atoms with van der Waals surface area (Å²) in [6, 6.07) is 4.48. The van der Waals surface area contributed by atoms with Crippen molar-refractivity contribution in [1.82, 2.24) is 9.80 Å². The largest absolute Gasteiger partial charge is 0.383 e. The van der Waals surface area contributed by atoms with Crippen LogP contribution in [0.5, 0.6) is 0 Å². The highest BCUT2D eigenvalue weighted by molar-refractivity contribution is 7.11. The molecule has 2 rings (SSSR count). The topological polar surface area (TPSA) is 15.7 Å². The van der Waals surface area contributed by atoms with Gasteiger partial charge in [-0.15, -0.1) is 11.3 Å². The number of aryl methyl sites for hydroxylation is 1. The summed E-state index contributed by atoms with van der Waals surface area (Å²) >= 11 is 1.92. The third kappa shape index (κ3) is 4.07. The zero-order valence-corrected chi connectivity index (χ0v) is 11.6. The van der Waals surface area contributed by atoms with E-state index in [2.05, 4.69) is 28.9 Å². The van der Waals surface area contributed by atoms with Crippen LogP contribution in [0.2, 0.25) is 0 Å². The molecule has 4 heteroatoms. The lowest BCUT2D eigenvalue weighted by atomic mass is 10.3. The molecular weight excluding hydrogens is 232 g/mol. The van der Waals surface area contributed by atoms with Gasteiger partial charge in [-0.3, -0.25) is 9.80 Å². The smallest absolute Gasteiger partial charge is 0.0589 e. The van der Waals surface area contributed by atoms with E-state index < -0.39 is 0 Å². The SMILES string of the molecule is COCCN1CCN(Cc2ccc(C)s2)CC1. The van der Waals surface area contributed by atoms with E-state index in [1.807, 2.05) is 11.3 Å². The van der Waals surface area contributed by atoms with Gasteiger partial charge in [0.1, 0.15) is 0 Å². The molecule has 96 valence electrons. The second-order valence-electron chi connectivity index (χ2n) is 4.62. The first-order valence-corrected chi connectivity index (χ1v) is 7.08. The summed E-state index contributed by atoms with van der Waals surface area (Å²) < 4.78 is 5.12. The van der Waals surface area contributed by atoms with Crippen LogP contribution in [0.4, 0.5) is 0 Å². The van der Waals surface area contributed by atoms with E-state index in [9.17, 15) is 0 Å². The van der Waals surface area contributed by atoms with Gasteiger partial charge >= 0.3 is 0 Å². The van der Waals surface area contributed by atoms with Crippen LogP contribution < -0.4 is 0 Å². The Morgan fingerprint density at radius 3 is 2.47 bits per heavy atom. The average molecular weight is 254 g/mol. The Hall–Kier alpha value is -0.420. The number of ether oxygens (including phenoxy) is 1. The summed E-state index contributed by atoms with van der Waals surface area (Å²) in [7, 11) is 1.77. The van der Waals surface area contributed by atoms with Crippen molar-refractivity contribution in [2.45, 2.75) is 13.5 Å². The molecule has 17 heavy (non-hydrogen) atoms. The first-order valence-electron chi connectivity index (χ1n) is 6.27. The second-order valence-corrected chi connectivity index (χ2v) is 6.00. The van der Waals surface area contributed by atoms with Gasteiger partial charge in [0, 0.05) is 56.1 Å². The van der Waals surface area contributed by atoms with Gasteiger partial charge in [0.25, 0.3) is 0 Å². The van der Waals surface area contributed by atoms with Crippen LogP contribution in [0, 0.1) is 6.92 Å². The number of hydrogen-bond donors (Lipinski definition) is 0. The molecule has 1 fully saturated rings. The monoisotopic (exact) mass is 254 g/mol. The summed E-state index contributed by atoms with van der Waals surface area (Å²) in [6.07, 6.45) is 0. The lowest BCUT2D eigenvalue weighted by molar-refractivity contribution is 0.0943. The minimum Gasteiger partial charge on any atom is -0.383 e. The second kappa shape index (κ2) is 6.50. The number of piperazine rings is 1. The van der Waals surface area contributed by atoms with Crippen molar-refractivity contribution in [1.29, 1.82) is 0 Å². The van der Waals surface area contributed by atoms with Crippen LogP contribution in [0.25, 0.3) is 0 Å². The Morgan fingerprint density at radius 2 is 1.88 bits per heavy atom. The van der Waals surface area contributed by atoms with E-state index in [0.29, 0.717) is 0 Å². The van der Waals surface area contributed by atoms with Crippen molar-refractivity contribution in [3.63, 3.8) is 0 Å². The van der Waals surface area contributed by atoms with Crippen molar-refractivity contribution < 1.29 is 4.74 Å². The molecular formula is C13H22N2OS. The number of nitrogens with zero attached hydrogens (tertiary/aromatic N) is 2. The zero-order valence-electron chi connectivity index (χ0n) is 10.8. The summed E-state index contributed by atoms with van der Waals surface area (Å²) in [6.45, 7) is 9.93. The number of methoxy groups -OCH3 is 1. The maximum Gasteiger partial charge on any atom is 0.0589 e. The minimum atomic E-state index is 0.851. The molecule has 1 aromatic heterocycles. The van der Waals surface area contributed by atoms with Crippen molar-refractivity contribution >= 4 is 11.3 Å². The molecule has 1 aromatic rings. The fraction of sp³-hybridized carbons (Fsp3) is 0.692. The molecule has 0 aliphatic carbocycles. The van der Waals surface area contributed by atoms with Crippen LogP contribution in [-0.4, -0.2) is 56.2 Å². The van der Waals surface area contributed by atoms with Crippen molar-refractivity contribution in [2.75, 3.05) is 46.4 Å². The first kappa shape index (κ1) is 13.0. The number of rotatable bonds is 5. The molecule has 2 heterocycles. The minimum absolute atomic E-state index is 0.851. The molecule has 1 saturated heterocycles. The van der Waals surface area contributed by atoms with Crippen LogP contribution in [0.15, 0.2) is 12.1 Å². The van der Waals surface area contributed by atoms with Gasteiger partial charge < -0.3 is 4.74 Å². The van der Waals surface area contributed by atoms with E-state index in [1.165, 1.54) is 35.9 Å². The number of hydrogen-bond acceptors (Lipinski definition) is 4. The van der Waals surface area contributed by atoms with Gasteiger partial charge in [0.2, 0.25) is 0 Å². The van der Waals surface area contributed by atoms with Gasteiger partial charge in [-0.2, -0.15) is 0 Å². The van der Waals surface area contributed by atoms with Crippen LogP contribution in [0.3, 0.4) is 0 Å². The van der Waals surface area contributed by atoms with Gasteiger partial charge in [-0.1, -0.05) is 0 Å². The Labute approximate surface area is 108 Å². The van der Waals surface area contributed by atoms with Crippen molar-refractivity contribution in [3.8, 4) is 0 Å². The first-order chi connectivity index (χ1) is 8.28. The highest BCUT2D eigenvalue weighted by Crippen LogP contribution is 2.17. The molecule has 0 amide bonds. The molecule has 0 bridgehead atoms. The summed E-state index contributed by atoms with van der Waals surface area (Å²) in [5.74, 6) is 0. The molecule has 0 unspecified atom stereocenters. The van der Waals surface area contributed by atoms with E-state index in [1.54, 1.807) is 7.11 Å². The molecule has 1 aliphatic rings. The molecule has 0 aromatic carbocycles. The van der Waals surface area contributed by atoms with E-state index in [-0.39, 0.29) is 0 Å². The lowest BCUT2D eigenvalue weighted by Gasteiger charge is -2.34. The number of thiophene rings is 1. The fourth-order valence-corrected chi connectivity index (χ4v) is 3.11. The third-order valence-corrected chi connectivity index (χ3v) is 4.24. The molecule has 0 saturated carbocycles. The molecule has 0 atom stereocenters. The maximum absolute atomic E-state index is 5.12. The maximum atomic E-state index is 5.12. The average Bonchev–Trinajstić information content (AvgIpc) is 2.74. The van der Waals surface area contributed by atoms with E-state index >= 15 is 0 Å². The van der Waals surface area contributed by atoms with E-state index in [4.69, 9.17) is 4.74 Å². The Morgan fingerprint density at radius 1 is 1.18 bits per heavy atom. The van der Waals surface area contributed by atoms with Gasteiger partial charge in [0.05, 0.1) is 6.61 Å². The Bertz CT molecular complexity index is 332. The quantitative estimate of drug-likeness (QED) is 0.797. The Balaban J connectivity index is 1.72. The zero-order chi connectivity index (χ0) is 12.1. The summed E-state index contributed by atoms with van der Waals surface area (Å²) in [4.78, 5) is 7.94. The fourth-order valence-electron chi connectivity index (χ4n) is 2.18. The molecule has 0 N–H and O–H groups in total. The van der Waals surface area contributed by atoms with Crippen LogP contribution in [0.1, 0.15) is 9.75 Å². The highest BCUT2D eigenvalue weighted by Gasteiger charge is 2.16. The highest BCUT2D eigenvalue weighted by atomic mass is 32.1. The Kier molecular flexibility index (Phi) is 4.98. The van der Waals surface area contributed by atoms with Crippen LogP contribution >= 0.6 is 11.3 Å². The standard InChI is InChI=1S/C13H22N2OS/c1-12-3-4-13(17-12)11-15-7-5-14(6-8-15)9-10-16-2/h3-4H,5-11H2,1-2H3. The van der Waals surface area contributed by atoms with Gasteiger partial charge in [-0.05, 0) is 19.1 Å². The third-order valence-electron chi connectivity index (χ3n) is 3.25. The molecule has 0 radical (unpaired) electrons. The molecule has 1 aliphatic heterocycles. The van der Waals surface area contributed by atoms with Gasteiger partial charge in [0.15, 0.2) is 0 Å².